The molecule has 8 heteroatoms. The number of rotatable bonds is 6. The summed E-state index contributed by atoms with van der Waals surface area (Å²) in [5.41, 5.74) is 11.4. The highest BCUT2D eigenvalue weighted by molar-refractivity contribution is 7.87. The Morgan fingerprint density at radius 1 is 1.24 bits per heavy atom. The standard InChI is InChI=1S/C13H22N4O3S/c1-13(2,3)16-21(19,20)17(9-12(15)18)8-10-4-6-11(14)7-5-10/h4-7,16H,8-9,14H2,1-3H3,(H2,15,18). The first-order chi connectivity index (χ1) is 9.49. The Bertz CT molecular complexity index is 591. The monoisotopic (exact) mass is 314 g/mol. The summed E-state index contributed by atoms with van der Waals surface area (Å²) < 4.78 is 28.2. The minimum atomic E-state index is -3.83. The fourth-order valence-corrected chi connectivity index (χ4v) is 3.20. The maximum absolute atomic E-state index is 12.3. The summed E-state index contributed by atoms with van der Waals surface area (Å²) in [7, 11) is -3.83. The van der Waals surface area contributed by atoms with Crippen LogP contribution in [-0.4, -0.2) is 30.7 Å². The quantitative estimate of drug-likeness (QED) is 0.649. The van der Waals surface area contributed by atoms with Crippen molar-refractivity contribution in [2.24, 2.45) is 5.73 Å². The fourth-order valence-electron chi connectivity index (χ4n) is 1.68. The molecule has 0 radical (unpaired) electrons. The van der Waals surface area contributed by atoms with Gasteiger partial charge in [-0.3, -0.25) is 4.79 Å². The van der Waals surface area contributed by atoms with Gasteiger partial charge >= 0.3 is 0 Å². The molecule has 21 heavy (non-hydrogen) atoms. The van der Waals surface area contributed by atoms with Gasteiger partial charge in [0.05, 0.1) is 6.54 Å². The highest BCUT2D eigenvalue weighted by atomic mass is 32.2. The second kappa shape index (κ2) is 6.42. The zero-order chi connectivity index (χ0) is 16.3. The summed E-state index contributed by atoms with van der Waals surface area (Å²) in [6, 6.07) is 6.75. The lowest BCUT2D eigenvalue weighted by Gasteiger charge is -2.27. The maximum Gasteiger partial charge on any atom is 0.280 e. The van der Waals surface area contributed by atoms with E-state index in [4.69, 9.17) is 11.5 Å². The predicted octanol–water partition coefficient (Wildman–Crippen LogP) is 0.189. The van der Waals surface area contributed by atoms with Crippen molar-refractivity contribution in [2.75, 3.05) is 12.3 Å². The van der Waals surface area contributed by atoms with Crippen LogP contribution in [0.5, 0.6) is 0 Å². The van der Waals surface area contributed by atoms with Crippen molar-refractivity contribution >= 4 is 21.8 Å². The number of benzene rings is 1. The average Bonchev–Trinajstić information content (AvgIpc) is 2.27. The molecule has 0 heterocycles. The lowest BCUT2D eigenvalue weighted by molar-refractivity contribution is -0.118. The number of carbonyl (C=O) groups is 1. The molecule has 0 fully saturated rings. The van der Waals surface area contributed by atoms with Gasteiger partial charge in [-0.15, -0.1) is 0 Å². The van der Waals surface area contributed by atoms with E-state index in [0.717, 1.165) is 4.31 Å². The molecule has 0 atom stereocenters. The van der Waals surface area contributed by atoms with Gasteiger partial charge in [-0.2, -0.15) is 17.4 Å². The zero-order valence-corrected chi connectivity index (χ0v) is 13.3. The summed E-state index contributed by atoms with van der Waals surface area (Å²) in [6.45, 7) is 4.80. The van der Waals surface area contributed by atoms with E-state index >= 15 is 0 Å². The number of nitrogens with zero attached hydrogens (tertiary/aromatic N) is 1. The number of nitrogens with one attached hydrogen (secondary N) is 1. The van der Waals surface area contributed by atoms with Gasteiger partial charge in [0.2, 0.25) is 5.91 Å². The lowest BCUT2D eigenvalue weighted by Crippen LogP contribution is -2.50. The van der Waals surface area contributed by atoms with Crippen molar-refractivity contribution in [3.05, 3.63) is 29.8 Å². The zero-order valence-electron chi connectivity index (χ0n) is 12.5. The molecule has 1 aromatic carbocycles. The summed E-state index contributed by atoms with van der Waals surface area (Å²) in [4.78, 5) is 11.1. The molecular weight excluding hydrogens is 292 g/mol. The molecule has 0 saturated heterocycles. The molecule has 0 aromatic heterocycles. The molecule has 5 N–H and O–H groups in total. The van der Waals surface area contributed by atoms with Gasteiger partial charge in [0.1, 0.15) is 0 Å². The van der Waals surface area contributed by atoms with Gasteiger partial charge in [0, 0.05) is 17.8 Å². The van der Waals surface area contributed by atoms with E-state index in [1.54, 1.807) is 45.0 Å². The van der Waals surface area contributed by atoms with Crippen LogP contribution in [0.25, 0.3) is 0 Å². The molecule has 7 nitrogen and oxygen atoms in total. The first kappa shape index (κ1) is 17.4. The van der Waals surface area contributed by atoms with E-state index in [1.165, 1.54) is 0 Å². The molecule has 0 aliphatic carbocycles. The Morgan fingerprint density at radius 2 is 1.76 bits per heavy atom. The second-order valence-electron chi connectivity index (χ2n) is 5.83. The van der Waals surface area contributed by atoms with Crippen LogP contribution in [-0.2, 0) is 21.5 Å². The molecular formula is C13H22N4O3S. The van der Waals surface area contributed by atoms with Crippen molar-refractivity contribution in [1.29, 1.82) is 0 Å². The van der Waals surface area contributed by atoms with Crippen molar-refractivity contribution in [3.8, 4) is 0 Å². The van der Waals surface area contributed by atoms with Crippen molar-refractivity contribution in [3.63, 3.8) is 0 Å². The van der Waals surface area contributed by atoms with Crippen molar-refractivity contribution in [2.45, 2.75) is 32.9 Å². The van der Waals surface area contributed by atoms with Crippen LogP contribution in [0.15, 0.2) is 24.3 Å². The third kappa shape index (κ3) is 6.11. The molecule has 118 valence electrons. The molecule has 0 aliphatic rings. The van der Waals surface area contributed by atoms with E-state index in [-0.39, 0.29) is 6.54 Å². The van der Waals surface area contributed by atoms with Gasteiger partial charge in [-0.05, 0) is 38.5 Å². The number of anilines is 1. The Balaban J connectivity index is 3.00. The van der Waals surface area contributed by atoms with Crippen LogP contribution in [0, 0.1) is 0 Å². The molecule has 0 bridgehead atoms. The maximum atomic E-state index is 12.3. The normalized spacial score (nSPS) is 12.6. The van der Waals surface area contributed by atoms with E-state index < -0.39 is 28.2 Å². The molecule has 1 aromatic rings. The molecule has 0 unspecified atom stereocenters. The van der Waals surface area contributed by atoms with E-state index in [9.17, 15) is 13.2 Å². The van der Waals surface area contributed by atoms with E-state index in [0.29, 0.717) is 11.3 Å². The van der Waals surface area contributed by atoms with Crippen LogP contribution >= 0.6 is 0 Å². The molecule has 1 amide bonds. The first-order valence-corrected chi connectivity index (χ1v) is 7.85. The number of hydrogen-bond donors (Lipinski definition) is 3. The number of carbonyl (C=O) groups excluding carboxylic acids is 1. The van der Waals surface area contributed by atoms with Gasteiger partial charge in [0.15, 0.2) is 0 Å². The Labute approximate surface area is 125 Å². The van der Waals surface area contributed by atoms with Crippen molar-refractivity contribution < 1.29 is 13.2 Å². The summed E-state index contributed by atoms with van der Waals surface area (Å²) in [6.07, 6.45) is 0. The van der Waals surface area contributed by atoms with Crippen LogP contribution < -0.4 is 16.2 Å². The van der Waals surface area contributed by atoms with Gasteiger partial charge in [-0.25, -0.2) is 0 Å². The SMILES string of the molecule is CC(C)(C)NS(=O)(=O)N(CC(N)=O)Cc1ccc(N)cc1. The molecule has 0 saturated carbocycles. The minimum absolute atomic E-state index is 0.0363. The predicted molar refractivity (Wildman–Crippen MR) is 82.3 cm³/mol. The number of primary amides is 1. The highest BCUT2D eigenvalue weighted by Crippen LogP contribution is 2.13. The average molecular weight is 314 g/mol. The second-order valence-corrected chi connectivity index (χ2v) is 7.50. The topological polar surface area (TPSA) is 119 Å². The highest BCUT2D eigenvalue weighted by Gasteiger charge is 2.28. The summed E-state index contributed by atoms with van der Waals surface area (Å²) in [5, 5.41) is 0. The minimum Gasteiger partial charge on any atom is -0.399 e. The lowest BCUT2D eigenvalue weighted by atomic mass is 10.1. The Morgan fingerprint density at radius 3 is 2.19 bits per heavy atom. The summed E-state index contributed by atoms with van der Waals surface area (Å²) >= 11 is 0. The van der Waals surface area contributed by atoms with Crippen LogP contribution in [0.4, 0.5) is 5.69 Å². The smallest absolute Gasteiger partial charge is 0.280 e. The van der Waals surface area contributed by atoms with E-state index in [2.05, 4.69) is 4.72 Å². The fraction of sp³-hybridized carbons (Fsp3) is 0.462. The third-order valence-electron chi connectivity index (χ3n) is 2.45. The number of amides is 1. The van der Waals surface area contributed by atoms with Gasteiger partial charge in [-0.1, -0.05) is 12.1 Å². The van der Waals surface area contributed by atoms with Crippen molar-refractivity contribution in [1.82, 2.24) is 9.03 Å². The third-order valence-corrected chi connectivity index (χ3v) is 4.25. The van der Waals surface area contributed by atoms with E-state index in [1.807, 2.05) is 0 Å². The van der Waals surface area contributed by atoms with Gasteiger partial charge in [0.25, 0.3) is 10.2 Å². The Hall–Kier alpha value is -1.64. The van der Waals surface area contributed by atoms with Crippen LogP contribution in [0.3, 0.4) is 0 Å². The Kier molecular flexibility index (Phi) is 5.32. The molecule has 1 rings (SSSR count). The number of nitrogen functional groups attached to an aromatic ring is 1. The van der Waals surface area contributed by atoms with Gasteiger partial charge < -0.3 is 11.5 Å². The molecule has 0 spiro atoms. The summed E-state index contributed by atoms with van der Waals surface area (Å²) in [5.74, 6) is -0.718. The largest absolute Gasteiger partial charge is 0.399 e. The van der Waals surface area contributed by atoms with Crippen LogP contribution in [0.1, 0.15) is 26.3 Å². The van der Waals surface area contributed by atoms with Crippen LogP contribution in [0.2, 0.25) is 0 Å². The molecule has 0 aliphatic heterocycles. The number of hydrogen-bond acceptors (Lipinski definition) is 4. The number of nitrogens with two attached hydrogens (primary N) is 2. The first-order valence-electron chi connectivity index (χ1n) is 6.41.